The highest BCUT2D eigenvalue weighted by Crippen LogP contribution is 2.17. The minimum Gasteiger partial charge on any atom is -0.476 e. The van der Waals surface area contributed by atoms with Gasteiger partial charge in [-0.15, -0.1) is 0 Å². The van der Waals surface area contributed by atoms with Crippen molar-refractivity contribution in [1.29, 1.82) is 0 Å². The van der Waals surface area contributed by atoms with E-state index in [0.29, 0.717) is 5.69 Å². The van der Waals surface area contributed by atoms with Gasteiger partial charge in [-0.25, -0.2) is 9.78 Å². The molecule has 16 heavy (non-hydrogen) atoms. The lowest BCUT2D eigenvalue weighted by molar-refractivity contribution is 0.0691. The van der Waals surface area contributed by atoms with Crippen molar-refractivity contribution in [3.05, 3.63) is 24.0 Å². The first-order valence-corrected chi connectivity index (χ1v) is 5.30. The Morgan fingerprint density at radius 3 is 2.94 bits per heavy atom. The highest BCUT2D eigenvalue weighted by Gasteiger charge is 2.17. The van der Waals surface area contributed by atoms with Crippen molar-refractivity contribution in [2.45, 2.75) is 18.9 Å². The molecule has 0 radical (unpaired) electrons. The quantitative estimate of drug-likeness (QED) is 0.808. The van der Waals surface area contributed by atoms with Gasteiger partial charge < -0.3 is 15.2 Å². The Bertz CT molecular complexity index is 375. The molecule has 0 aromatic carbocycles. The van der Waals surface area contributed by atoms with Crippen molar-refractivity contribution in [1.82, 2.24) is 4.98 Å². The molecule has 0 amide bonds. The lowest BCUT2D eigenvalue weighted by Gasteiger charge is -2.24. The van der Waals surface area contributed by atoms with Gasteiger partial charge in [0.15, 0.2) is 5.69 Å². The van der Waals surface area contributed by atoms with Crippen LogP contribution in [0.25, 0.3) is 0 Å². The van der Waals surface area contributed by atoms with Gasteiger partial charge in [0.1, 0.15) is 0 Å². The summed E-state index contributed by atoms with van der Waals surface area (Å²) in [7, 11) is 0. The summed E-state index contributed by atoms with van der Waals surface area (Å²) in [6, 6.07) is 3.75. The van der Waals surface area contributed by atoms with Gasteiger partial charge >= 0.3 is 5.97 Å². The summed E-state index contributed by atoms with van der Waals surface area (Å²) in [5.74, 6) is -1.00. The summed E-state index contributed by atoms with van der Waals surface area (Å²) in [5, 5.41) is 12.2. The maximum Gasteiger partial charge on any atom is 0.356 e. The van der Waals surface area contributed by atoms with Gasteiger partial charge in [-0.05, 0) is 25.0 Å². The van der Waals surface area contributed by atoms with Crippen molar-refractivity contribution in [2.24, 2.45) is 0 Å². The van der Waals surface area contributed by atoms with Crippen LogP contribution >= 0.6 is 0 Å². The van der Waals surface area contributed by atoms with E-state index < -0.39 is 5.97 Å². The molecule has 2 rings (SSSR count). The number of ether oxygens (including phenoxy) is 1. The average molecular weight is 222 g/mol. The minimum atomic E-state index is -1.00. The number of hydrogen-bond donors (Lipinski definition) is 2. The van der Waals surface area contributed by atoms with Crippen LogP contribution in [-0.2, 0) is 4.74 Å². The molecule has 0 saturated carbocycles. The SMILES string of the molecule is O=C(O)c1ncccc1NC1CCOCC1. The van der Waals surface area contributed by atoms with E-state index in [9.17, 15) is 4.79 Å². The molecule has 2 heterocycles. The van der Waals surface area contributed by atoms with E-state index in [1.165, 1.54) is 6.20 Å². The summed E-state index contributed by atoms with van der Waals surface area (Å²) in [4.78, 5) is 14.8. The Morgan fingerprint density at radius 2 is 2.25 bits per heavy atom. The highest BCUT2D eigenvalue weighted by molar-refractivity contribution is 5.91. The first kappa shape index (κ1) is 10.9. The van der Waals surface area contributed by atoms with E-state index in [1.54, 1.807) is 12.1 Å². The second-order valence-corrected chi connectivity index (χ2v) is 3.74. The zero-order valence-electron chi connectivity index (χ0n) is 8.85. The Labute approximate surface area is 93.5 Å². The van der Waals surface area contributed by atoms with Crippen molar-refractivity contribution in [3.8, 4) is 0 Å². The Hall–Kier alpha value is -1.62. The number of carboxylic acid groups (broad SMARTS) is 1. The maximum absolute atomic E-state index is 10.9. The fourth-order valence-electron chi connectivity index (χ4n) is 1.75. The second kappa shape index (κ2) is 4.94. The van der Waals surface area contributed by atoms with E-state index in [4.69, 9.17) is 9.84 Å². The van der Waals surface area contributed by atoms with E-state index in [-0.39, 0.29) is 11.7 Å². The number of nitrogens with one attached hydrogen (secondary N) is 1. The summed E-state index contributed by atoms with van der Waals surface area (Å²) in [6.07, 6.45) is 3.28. The molecular formula is C11H14N2O3. The van der Waals surface area contributed by atoms with E-state index in [0.717, 1.165) is 26.1 Å². The van der Waals surface area contributed by atoms with Crippen LogP contribution in [0.5, 0.6) is 0 Å². The molecule has 1 fully saturated rings. The topological polar surface area (TPSA) is 71.5 Å². The molecule has 1 aliphatic rings. The largest absolute Gasteiger partial charge is 0.476 e. The maximum atomic E-state index is 10.9. The third kappa shape index (κ3) is 2.49. The van der Waals surface area contributed by atoms with Gasteiger partial charge in [0.25, 0.3) is 0 Å². The molecule has 1 aromatic heterocycles. The standard InChI is InChI=1S/C11H14N2O3/c14-11(15)10-9(2-1-5-12-10)13-8-3-6-16-7-4-8/h1-2,5,8,13H,3-4,6-7H2,(H,14,15). The lowest BCUT2D eigenvalue weighted by Crippen LogP contribution is -2.28. The van der Waals surface area contributed by atoms with Crippen LogP contribution < -0.4 is 5.32 Å². The zero-order valence-corrected chi connectivity index (χ0v) is 8.85. The number of rotatable bonds is 3. The Kier molecular flexibility index (Phi) is 3.36. The van der Waals surface area contributed by atoms with Gasteiger partial charge in [0, 0.05) is 25.5 Å². The number of hydrogen-bond acceptors (Lipinski definition) is 4. The molecule has 1 aliphatic heterocycles. The van der Waals surface area contributed by atoms with Crippen molar-refractivity contribution in [3.63, 3.8) is 0 Å². The molecule has 0 bridgehead atoms. The summed E-state index contributed by atoms with van der Waals surface area (Å²) >= 11 is 0. The van der Waals surface area contributed by atoms with Crippen LogP contribution in [0.3, 0.4) is 0 Å². The summed E-state index contributed by atoms with van der Waals surface area (Å²) in [6.45, 7) is 1.45. The van der Waals surface area contributed by atoms with Crippen LogP contribution in [0.15, 0.2) is 18.3 Å². The number of anilines is 1. The number of carbonyl (C=O) groups is 1. The predicted octanol–water partition coefficient (Wildman–Crippen LogP) is 1.37. The summed E-state index contributed by atoms with van der Waals surface area (Å²) < 4.78 is 5.24. The van der Waals surface area contributed by atoms with Gasteiger partial charge in [0.2, 0.25) is 0 Å². The van der Waals surface area contributed by atoms with Gasteiger partial charge in [-0.2, -0.15) is 0 Å². The van der Waals surface area contributed by atoms with Crippen molar-refractivity contribution in [2.75, 3.05) is 18.5 Å². The van der Waals surface area contributed by atoms with Gasteiger partial charge in [-0.3, -0.25) is 0 Å². The molecule has 0 spiro atoms. The first-order valence-electron chi connectivity index (χ1n) is 5.30. The fraction of sp³-hybridized carbons (Fsp3) is 0.455. The van der Waals surface area contributed by atoms with Gasteiger partial charge in [-0.1, -0.05) is 0 Å². The number of aromatic nitrogens is 1. The molecule has 1 aromatic rings. The molecule has 1 saturated heterocycles. The van der Waals surface area contributed by atoms with Crippen LogP contribution in [0.1, 0.15) is 23.3 Å². The van der Waals surface area contributed by atoms with Crippen LogP contribution in [0.4, 0.5) is 5.69 Å². The number of carboxylic acids is 1. The normalized spacial score (nSPS) is 17.0. The molecule has 5 heteroatoms. The van der Waals surface area contributed by atoms with Crippen LogP contribution in [-0.4, -0.2) is 35.3 Å². The fourth-order valence-corrected chi connectivity index (χ4v) is 1.75. The molecule has 2 N–H and O–H groups in total. The monoisotopic (exact) mass is 222 g/mol. The minimum absolute atomic E-state index is 0.0778. The lowest BCUT2D eigenvalue weighted by atomic mass is 10.1. The molecular weight excluding hydrogens is 208 g/mol. The average Bonchev–Trinajstić information content (AvgIpc) is 2.31. The van der Waals surface area contributed by atoms with E-state index in [1.807, 2.05) is 0 Å². The second-order valence-electron chi connectivity index (χ2n) is 3.74. The van der Waals surface area contributed by atoms with Crippen LogP contribution in [0.2, 0.25) is 0 Å². The first-order chi connectivity index (χ1) is 7.77. The summed E-state index contributed by atoms with van der Waals surface area (Å²) in [5.41, 5.74) is 0.663. The van der Waals surface area contributed by atoms with E-state index in [2.05, 4.69) is 10.3 Å². The smallest absolute Gasteiger partial charge is 0.356 e. The molecule has 5 nitrogen and oxygen atoms in total. The molecule has 0 atom stereocenters. The number of nitrogens with zero attached hydrogens (tertiary/aromatic N) is 1. The van der Waals surface area contributed by atoms with Crippen molar-refractivity contribution >= 4 is 11.7 Å². The van der Waals surface area contributed by atoms with Gasteiger partial charge in [0.05, 0.1) is 5.69 Å². The molecule has 86 valence electrons. The van der Waals surface area contributed by atoms with Crippen molar-refractivity contribution < 1.29 is 14.6 Å². The predicted molar refractivity (Wildman–Crippen MR) is 58.7 cm³/mol. The van der Waals surface area contributed by atoms with E-state index >= 15 is 0 Å². The number of pyridine rings is 1. The third-order valence-corrected chi connectivity index (χ3v) is 2.59. The molecule has 0 unspecified atom stereocenters. The Balaban J connectivity index is 2.10. The highest BCUT2D eigenvalue weighted by atomic mass is 16.5. The number of aromatic carboxylic acids is 1. The Morgan fingerprint density at radius 1 is 1.50 bits per heavy atom. The zero-order chi connectivity index (χ0) is 11.4. The molecule has 0 aliphatic carbocycles. The third-order valence-electron chi connectivity index (χ3n) is 2.59. The van der Waals surface area contributed by atoms with Crippen LogP contribution in [0, 0.1) is 0 Å².